The van der Waals surface area contributed by atoms with E-state index in [4.69, 9.17) is 11.6 Å². The standard InChI is InChI=1S/C14H15BrClNOS/c1-8-6-12(14(18)9(2)16)10(3)17(8)7-11-4-5-13(15)19-11/h4-6,9H,7H2,1-3H3. The van der Waals surface area contributed by atoms with E-state index in [-0.39, 0.29) is 5.78 Å². The summed E-state index contributed by atoms with van der Waals surface area (Å²) in [6.07, 6.45) is 0. The van der Waals surface area contributed by atoms with Crippen LogP contribution in [0.5, 0.6) is 0 Å². The molecule has 102 valence electrons. The van der Waals surface area contributed by atoms with Crippen molar-refractivity contribution in [1.29, 1.82) is 0 Å². The fourth-order valence-corrected chi connectivity index (χ4v) is 3.69. The number of rotatable bonds is 4. The molecule has 0 aromatic carbocycles. The highest BCUT2D eigenvalue weighted by Gasteiger charge is 2.19. The van der Waals surface area contributed by atoms with E-state index in [1.807, 2.05) is 26.0 Å². The van der Waals surface area contributed by atoms with Gasteiger partial charge in [0.15, 0.2) is 5.78 Å². The van der Waals surface area contributed by atoms with Crippen LogP contribution >= 0.6 is 38.9 Å². The predicted octanol–water partition coefficient (Wildman–Crippen LogP) is 4.79. The predicted molar refractivity (Wildman–Crippen MR) is 84.7 cm³/mol. The summed E-state index contributed by atoms with van der Waals surface area (Å²) >= 11 is 11.1. The highest BCUT2D eigenvalue weighted by Crippen LogP contribution is 2.25. The van der Waals surface area contributed by atoms with Crippen LogP contribution in [0.4, 0.5) is 0 Å². The SMILES string of the molecule is Cc1cc(C(=O)C(C)Cl)c(C)n1Cc1ccc(Br)s1. The van der Waals surface area contributed by atoms with Crippen LogP contribution in [0.1, 0.15) is 33.5 Å². The molecule has 0 bridgehead atoms. The number of ketones is 1. The van der Waals surface area contributed by atoms with Crippen molar-refractivity contribution in [3.8, 4) is 0 Å². The average molecular weight is 361 g/mol. The lowest BCUT2D eigenvalue weighted by atomic mass is 10.1. The van der Waals surface area contributed by atoms with Crippen molar-refractivity contribution in [3.05, 3.63) is 43.8 Å². The number of nitrogens with zero attached hydrogens (tertiary/aromatic N) is 1. The van der Waals surface area contributed by atoms with Gasteiger partial charge in [0.2, 0.25) is 0 Å². The van der Waals surface area contributed by atoms with Crippen molar-refractivity contribution in [3.63, 3.8) is 0 Å². The molecule has 0 N–H and O–H groups in total. The Labute approximate surface area is 130 Å². The Kier molecular flexibility index (Phi) is 4.54. The molecule has 0 aliphatic heterocycles. The molecule has 5 heteroatoms. The lowest BCUT2D eigenvalue weighted by Gasteiger charge is -2.08. The quantitative estimate of drug-likeness (QED) is 0.567. The first-order chi connectivity index (χ1) is 8.90. The van der Waals surface area contributed by atoms with Crippen LogP contribution in [-0.2, 0) is 6.54 Å². The van der Waals surface area contributed by atoms with Gasteiger partial charge in [0.25, 0.3) is 0 Å². The fourth-order valence-electron chi connectivity index (χ4n) is 2.10. The van der Waals surface area contributed by atoms with E-state index in [1.165, 1.54) is 4.88 Å². The lowest BCUT2D eigenvalue weighted by molar-refractivity contribution is 0.0991. The van der Waals surface area contributed by atoms with Crippen LogP contribution in [0.2, 0.25) is 0 Å². The Morgan fingerprint density at radius 3 is 2.68 bits per heavy atom. The fraction of sp³-hybridized carbons (Fsp3) is 0.357. The molecule has 2 rings (SSSR count). The van der Waals surface area contributed by atoms with E-state index in [0.717, 1.165) is 27.3 Å². The largest absolute Gasteiger partial charge is 0.343 e. The minimum absolute atomic E-state index is 0.00613. The number of carbonyl (C=O) groups excluding carboxylic acids is 1. The van der Waals surface area contributed by atoms with E-state index in [0.29, 0.717) is 0 Å². The molecule has 0 saturated heterocycles. The number of halogens is 2. The lowest BCUT2D eigenvalue weighted by Crippen LogP contribution is -2.12. The Balaban J connectivity index is 2.34. The number of hydrogen-bond donors (Lipinski definition) is 0. The number of Topliss-reactive ketones (excluding diaryl/α,β-unsaturated/α-hetero) is 1. The highest BCUT2D eigenvalue weighted by molar-refractivity contribution is 9.11. The number of thiophene rings is 1. The third-order valence-corrected chi connectivity index (χ3v) is 4.95. The molecule has 2 aromatic rings. The van der Waals surface area contributed by atoms with Crippen LogP contribution in [-0.4, -0.2) is 15.7 Å². The summed E-state index contributed by atoms with van der Waals surface area (Å²) in [5.41, 5.74) is 2.80. The van der Waals surface area contributed by atoms with Gasteiger partial charge in [-0.1, -0.05) is 0 Å². The van der Waals surface area contributed by atoms with E-state index in [1.54, 1.807) is 18.3 Å². The summed E-state index contributed by atoms with van der Waals surface area (Å²) < 4.78 is 3.28. The first-order valence-corrected chi connectivity index (χ1v) is 8.04. The second kappa shape index (κ2) is 5.81. The van der Waals surface area contributed by atoms with Crippen LogP contribution in [0, 0.1) is 13.8 Å². The van der Waals surface area contributed by atoms with Gasteiger partial charge >= 0.3 is 0 Å². The van der Waals surface area contributed by atoms with Gasteiger partial charge in [0, 0.05) is 21.8 Å². The van der Waals surface area contributed by atoms with Crippen LogP contribution in [0.3, 0.4) is 0 Å². The Hall–Kier alpha value is -0.580. The van der Waals surface area contributed by atoms with Crippen LogP contribution in [0.15, 0.2) is 22.0 Å². The topological polar surface area (TPSA) is 22.0 Å². The van der Waals surface area contributed by atoms with Gasteiger partial charge in [-0.2, -0.15) is 0 Å². The van der Waals surface area contributed by atoms with Crippen LogP contribution in [0.25, 0.3) is 0 Å². The molecule has 19 heavy (non-hydrogen) atoms. The zero-order valence-electron chi connectivity index (χ0n) is 11.0. The van der Waals surface area contributed by atoms with Gasteiger partial charge in [-0.3, -0.25) is 4.79 Å². The molecule has 0 saturated carbocycles. The van der Waals surface area contributed by atoms with Crippen molar-refractivity contribution in [1.82, 2.24) is 4.57 Å². The summed E-state index contributed by atoms with van der Waals surface area (Å²) in [5.74, 6) is -0.00613. The Bertz CT molecular complexity index is 615. The summed E-state index contributed by atoms with van der Waals surface area (Å²) in [4.78, 5) is 13.3. The molecule has 1 unspecified atom stereocenters. The van der Waals surface area contributed by atoms with Gasteiger partial charge in [0.05, 0.1) is 15.7 Å². The Morgan fingerprint density at radius 2 is 2.16 bits per heavy atom. The van der Waals surface area contributed by atoms with Gasteiger partial charge in [-0.25, -0.2) is 0 Å². The summed E-state index contributed by atoms with van der Waals surface area (Å²) in [6.45, 7) is 6.50. The molecule has 0 radical (unpaired) electrons. The van der Waals surface area contributed by atoms with Gasteiger partial charge in [-0.15, -0.1) is 22.9 Å². The van der Waals surface area contributed by atoms with Crippen molar-refractivity contribution >= 4 is 44.7 Å². The second-order valence-corrected chi connectivity index (χ2v) is 7.76. The molecule has 0 aliphatic carbocycles. The van der Waals surface area contributed by atoms with Crippen LogP contribution < -0.4 is 0 Å². The maximum Gasteiger partial charge on any atom is 0.182 e. The maximum absolute atomic E-state index is 12.0. The molecule has 0 fully saturated rings. The minimum Gasteiger partial charge on any atom is -0.343 e. The molecule has 0 amide bonds. The number of carbonyl (C=O) groups is 1. The molecule has 0 aliphatic rings. The third-order valence-electron chi connectivity index (χ3n) is 3.14. The number of alkyl halides is 1. The van der Waals surface area contributed by atoms with E-state index >= 15 is 0 Å². The smallest absolute Gasteiger partial charge is 0.182 e. The van der Waals surface area contributed by atoms with Gasteiger partial charge < -0.3 is 4.57 Å². The molecule has 0 spiro atoms. The normalized spacial score (nSPS) is 12.7. The first-order valence-electron chi connectivity index (χ1n) is 5.99. The van der Waals surface area contributed by atoms with E-state index in [9.17, 15) is 4.79 Å². The summed E-state index contributed by atoms with van der Waals surface area (Å²) in [6, 6.07) is 6.07. The Morgan fingerprint density at radius 1 is 1.47 bits per heavy atom. The summed E-state index contributed by atoms with van der Waals surface area (Å²) in [7, 11) is 0. The first kappa shape index (κ1) is 14.8. The second-order valence-electron chi connectivity index (χ2n) is 4.56. The summed E-state index contributed by atoms with van der Waals surface area (Å²) in [5, 5.41) is -0.482. The average Bonchev–Trinajstić information content (AvgIpc) is 2.87. The number of aryl methyl sites for hydroxylation is 1. The molecular formula is C14H15BrClNOS. The maximum atomic E-state index is 12.0. The zero-order chi connectivity index (χ0) is 14.2. The van der Waals surface area contributed by atoms with Crippen molar-refractivity contribution in [2.45, 2.75) is 32.7 Å². The van der Waals surface area contributed by atoms with Gasteiger partial charge in [-0.05, 0) is 54.9 Å². The monoisotopic (exact) mass is 359 g/mol. The molecule has 2 heterocycles. The number of aromatic nitrogens is 1. The molecular weight excluding hydrogens is 346 g/mol. The third kappa shape index (κ3) is 3.12. The molecule has 1 atom stereocenters. The van der Waals surface area contributed by atoms with E-state index < -0.39 is 5.38 Å². The highest BCUT2D eigenvalue weighted by atomic mass is 79.9. The van der Waals surface area contributed by atoms with Crippen molar-refractivity contribution < 1.29 is 4.79 Å². The van der Waals surface area contributed by atoms with Crippen molar-refractivity contribution in [2.24, 2.45) is 0 Å². The van der Waals surface area contributed by atoms with Crippen molar-refractivity contribution in [2.75, 3.05) is 0 Å². The minimum atomic E-state index is -0.482. The zero-order valence-corrected chi connectivity index (χ0v) is 14.2. The van der Waals surface area contributed by atoms with E-state index in [2.05, 4.69) is 26.6 Å². The van der Waals surface area contributed by atoms with Gasteiger partial charge in [0.1, 0.15) is 0 Å². The molecule has 2 nitrogen and oxygen atoms in total. The molecule has 2 aromatic heterocycles. The number of hydrogen-bond acceptors (Lipinski definition) is 2.